The number of esters is 1. The SMILES string of the molecule is CC.CCOC(=O)CCc1cc2cncc(-c3ccc(C#N)c4ccccc34)c2s1. The Hall–Kier alpha value is -3.23. The Bertz CT molecular complexity index is 1220. The smallest absolute Gasteiger partial charge is 0.306 e. The zero-order chi connectivity index (χ0) is 21.5. The van der Waals surface area contributed by atoms with Crippen molar-refractivity contribution in [2.45, 2.75) is 33.6 Å². The number of ether oxygens (including phenoxy) is 1. The molecule has 0 atom stereocenters. The van der Waals surface area contributed by atoms with Gasteiger partial charge in [0.25, 0.3) is 0 Å². The van der Waals surface area contributed by atoms with Gasteiger partial charge in [-0.1, -0.05) is 44.2 Å². The van der Waals surface area contributed by atoms with E-state index in [-0.39, 0.29) is 5.97 Å². The van der Waals surface area contributed by atoms with Crippen LogP contribution in [0.2, 0.25) is 0 Å². The van der Waals surface area contributed by atoms with Crippen molar-refractivity contribution in [3.05, 3.63) is 65.3 Å². The quantitative estimate of drug-likeness (QED) is 0.348. The number of nitrogens with zero attached hydrogens (tertiary/aromatic N) is 2. The molecule has 0 bridgehead atoms. The number of fused-ring (bicyclic) bond motifs is 2. The number of rotatable bonds is 5. The summed E-state index contributed by atoms with van der Waals surface area (Å²) >= 11 is 1.68. The number of pyridine rings is 1. The molecule has 0 N–H and O–H groups in total. The van der Waals surface area contributed by atoms with Crippen molar-refractivity contribution >= 4 is 38.2 Å². The van der Waals surface area contributed by atoms with Crippen LogP contribution in [0.15, 0.2) is 54.9 Å². The van der Waals surface area contributed by atoms with Gasteiger partial charge in [0, 0.05) is 38.3 Å². The number of aryl methyl sites for hydroxylation is 1. The molecule has 0 aliphatic rings. The lowest BCUT2D eigenvalue weighted by molar-refractivity contribution is -0.143. The van der Waals surface area contributed by atoms with Gasteiger partial charge in [-0.15, -0.1) is 11.3 Å². The molecule has 0 saturated carbocycles. The van der Waals surface area contributed by atoms with E-state index in [0.717, 1.165) is 36.9 Å². The highest BCUT2D eigenvalue weighted by Crippen LogP contribution is 2.38. The molecule has 30 heavy (non-hydrogen) atoms. The van der Waals surface area contributed by atoms with Crippen LogP contribution in [0.25, 0.3) is 32.0 Å². The maximum absolute atomic E-state index is 11.7. The van der Waals surface area contributed by atoms with Crippen molar-refractivity contribution in [3.63, 3.8) is 0 Å². The van der Waals surface area contributed by atoms with Crippen LogP contribution in [0.5, 0.6) is 0 Å². The molecule has 2 heterocycles. The molecule has 5 heteroatoms. The molecule has 0 aliphatic heterocycles. The molecule has 0 saturated heterocycles. The first-order valence-corrected chi connectivity index (χ1v) is 11.0. The second kappa shape index (κ2) is 10.00. The Kier molecular flexibility index (Phi) is 7.16. The summed E-state index contributed by atoms with van der Waals surface area (Å²) in [5, 5.41) is 12.5. The number of carbonyl (C=O) groups excluding carboxylic acids is 1. The van der Waals surface area contributed by atoms with Crippen LogP contribution in [0, 0.1) is 11.3 Å². The monoisotopic (exact) mass is 416 g/mol. The number of hydrogen-bond acceptors (Lipinski definition) is 5. The first-order valence-electron chi connectivity index (χ1n) is 10.2. The molecular weight excluding hydrogens is 392 g/mol. The number of hydrogen-bond donors (Lipinski definition) is 0. The number of thiophene rings is 1. The molecule has 2 aromatic carbocycles. The number of nitriles is 1. The number of aromatic nitrogens is 1. The Labute approximate surface area is 180 Å². The Morgan fingerprint density at radius 2 is 1.87 bits per heavy atom. The lowest BCUT2D eigenvalue weighted by Crippen LogP contribution is -2.04. The second-order valence-corrected chi connectivity index (χ2v) is 7.58. The molecule has 0 amide bonds. The predicted molar refractivity (Wildman–Crippen MR) is 124 cm³/mol. The largest absolute Gasteiger partial charge is 0.466 e. The van der Waals surface area contributed by atoms with Gasteiger partial charge in [-0.25, -0.2) is 0 Å². The molecule has 4 nitrogen and oxygen atoms in total. The van der Waals surface area contributed by atoms with Gasteiger partial charge < -0.3 is 4.74 Å². The van der Waals surface area contributed by atoms with E-state index in [2.05, 4.69) is 17.1 Å². The molecule has 152 valence electrons. The first kappa shape index (κ1) is 21.5. The summed E-state index contributed by atoms with van der Waals surface area (Å²) in [6.45, 7) is 6.22. The standard InChI is InChI=1S/C23H18N2O2S.C2H6/c1-2-27-22(26)10-8-17-11-16-13-25-14-21(23(16)28-17)20-9-7-15(12-24)18-5-3-4-6-19(18)20;1-2/h3-7,9,11,13-14H,2,8,10H2,1H3;1-2H3. The zero-order valence-corrected chi connectivity index (χ0v) is 18.3. The molecule has 0 spiro atoms. The van der Waals surface area contributed by atoms with Crippen LogP contribution in [0.4, 0.5) is 0 Å². The van der Waals surface area contributed by atoms with Crippen molar-refractivity contribution in [3.8, 4) is 17.2 Å². The van der Waals surface area contributed by atoms with Crippen molar-refractivity contribution < 1.29 is 9.53 Å². The molecular formula is C25H24N2O2S. The fraction of sp³-hybridized carbons (Fsp3) is 0.240. The van der Waals surface area contributed by atoms with E-state index in [9.17, 15) is 10.1 Å². The lowest BCUT2D eigenvalue weighted by atomic mass is 9.96. The Morgan fingerprint density at radius 3 is 2.60 bits per heavy atom. The van der Waals surface area contributed by atoms with Gasteiger partial charge in [0.1, 0.15) is 0 Å². The topological polar surface area (TPSA) is 63.0 Å². The van der Waals surface area contributed by atoms with Crippen molar-refractivity contribution in [2.75, 3.05) is 6.61 Å². The summed E-state index contributed by atoms with van der Waals surface area (Å²) in [7, 11) is 0. The Balaban J connectivity index is 0.00000124. The normalized spacial score (nSPS) is 10.3. The van der Waals surface area contributed by atoms with E-state index in [1.165, 1.54) is 0 Å². The van der Waals surface area contributed by atoms with E-state index in [1.807, 2.05) is 69.6 Å². The van der Waals surface area contributed by atoms with E-state index < -0.39 is 0 Å². The van der Waals surface area contributed by atoms with Gasteiger partial charge in [0.15, 0.2) is 0 Å². The van der Waals surface area contributed by atoms with E-state index >= 15 is 0 Å². The maximum atomic E-state index is 11.7. The van der Waals surface area contributed by atoms with E-state index in [4.69, 9.17) is 4.74 Å². The molecule has 0 aliphatic carbocycles. The van der Waals surface area contributed by atoms with Crippen LogP contribution in [-0.2, 0) is 16.0 Å². The van der Waals surface area contributed by atoms with Crippen LogP contribution in [0.3, 0.4) is 0 Å². The molecule has 4 rings (SSSR count). The van der Waals surface area contributed by atoms with Crippen molar-refractivity contribution in [1.29, 1.82) is 5.26 Å². The maximum Gasteiger partial charge on any atom is 0.306 e. The third-order valence-corrected chi connectivity index (χ3v) is 5.93. The summed E-state index contributed by atoms with van der Waals surface area (Å²) in [4.78, 5) is 17.2. The third-order valence-electron chi connectivity index (χ3n) is 4.69. The van der Waals surface area contributed by atoms with Crippen LogP contribution >= 0.6 is 11.3 Å². The highest BCUT2D eigenvalue weighted by molar-refractivity contribution is 7.19. The molecule has 0 unspecified atom stereocenters. The highest BCUT2D eigenvalue weighted by Gasteiger charge is 2.14. The summed E-state index contributed by atoms with van der Waals surface area (Å²) in [5.41, 5.74) is 2.78. The van der Waals surface area contributed by atoms with Crippen LogP contribution in [0.1, 0.15) is 37.6 Å². The van der Waals surface area contributed by atoms with Crippen LogP contribution in [-0.4, -0.2) is 17.6 Å². The minimum absolute atomic E-state index is 0.170. The van der Waals surface area contributed by atoms with Gasteiger partial charge in [0.2, 0.25) is 0 Å². The van der Waals surface area contributed by atoms with E-state index in [1.54, 1.807) is 11.3 Å². The fourth-order valence-corrected chi connectivity index (χ4v) is 4.57. The number of carbonyl (C=O) groups is 1. The first-order chi connectivity index (χ1) is 14.7. The second-order valence-electron chi connectivity index (χ2n) is 6.44. The summed E-state index contributed by atoms with van der Waals surface area (Å²) in [6.07, 6.45) is 4.77. The van der Waals surface area contributed by atoms with Crippen molar-refractivity contribution in [1.82, 2.24) is 4.98 Å². The average molecular weight is 417 g/mol. The fourth-order valence-electron chi connectivity index (χ4n) is 3.42. The minimum Gasteiger partial charge on any atom is -0.466 e. The zero-order valence-electron chi connectivity index (χ0n) is 17.4. The Morgan fingerprint density at radius 1 is 1.10 bits per heavy atom. The van der Waals surface area contributed by atoms with Crippen molar-refractivity contribution in [2.24, 2.45) is 0 Å². The van der Waals surface area contributed by atoms with Crippen LogP contribution < -0.4 is 0 Å². The summed E-state index contributed by atoms with van der Waals surface area (Å²) in [6, 6.07) is 16.2. The highest BCUT2D eigenvalue weighted by atomic mass is 32.1. The average Bonchev–Trinajstić information content (AvgIpc) is 3.22. The lowest BCUT2D eigenvalue weighted by Gasteiger charge is -2.09. The van der Waals surface area contributed by atoms with Gasteiger partial charge in [0.05, 0.1) is 24.7 Å². The molecule has 2 aromatic heterocycles. The summed E-state index contributed by atoms with van der Waals surface area (Å²) in [5.74, 6) is -0.170. The van der Waals surface area contributed by atoms with Gasteiger partial charge in [-0.2, -0.15) is 5.26 Å². The molecule has 4 aromatic rings. The summed E-state index contributed by atoms with van der Waals surface area (Å²) < 4.78 is 6.17. The van der Waals surface area contributed by atoms with Gasteiger partial charge in [-0.3, -0.25) is 9.78 Å². The molecule has 0 radical (unpaired) electrons. The van der Waals surface area contributed by atoms with Gasteiger partial charge in [-0.05, 0) is 36.4 Å². The predicted octanol–water partition coefficient (Wildman–Crippen LogP) is 6.51. The minimum atomic E-state index is -0.170. The van der Waals surface area contributed by atoms with Gasteiger partial charge >= 0.3 is 5.97 Å². The number of benzene rings is 2. The molecule has 0 fully saturated rings. The van der Waals surface area contributed by atoms with E-state index in [0.29, 0.717) is 25.0 Å². The third kappa shape index (κ3) is 4.34.